The maximum Gasteiger partial charge on any atom is 0.321 e. The zero-order valence-corrected chi connectivity index (χ0v) is 11.9. The lowest BCUT2D eigenvalue weighted by Crippen LogP contribution is -2.34. The summed E-state index contributed by atoms with van der Waals surface area (Å²) in [5, 5.41) is 2.86. The number of benzene rings is 1. The number of hydrogen-bond donors (Lipinski definition) is 2. The van der Waals surface area contributed by atoms with Gasteiger partial charge in [-0.1, -0.05) is 0 Å². The molecule has 106 valence electrons. The smallest absolute Gasteiger partial charge is 0.321 e. The number of ether oxygens (including phenoxy) is 1. The van der Waals surface area contributed by atoms with E-state index in [1.807, 2.05) is 39.0 Å². The second kappa shape index (κ2) is 7.63. The zero-order valence-electron chi connectivity index (χ0n) is 11.9. The van der Waals surface area contributed by atoms with Gasteiger partial charge < -0.3 is 20.7 Å². The topological polar surface area (TPSA) is 67.6 Å². The van der Waals surface area contributed by atoms with Gasteiger partial charge in [-0.05, 0) is 39.0 Å². The Kier molecular flexibility index (Phi) is 6.15. The minimum atomic E-state index is -0.0999. The Morgan fingerprint density at radius 3 is 2.53 bits per heavy atom. The molecule has 0 atom stereocenters. The van der Waals surface area contributed by atoms with Crippen LogP contribution in [0.4, 0.5) is 10.5 Å². The van der Waals surface area contributed by atoms with Gasteiger partial charge in [0.15, 0.2) is 0 Å². The lowest BCUT2D eigenvalue weighted by Gasteiger charge is -2.19. The third-order valence-corrected chi connectivity index (χ3v) is 2.88. The van der Waals surface area contributed by atoms with Gasteiger partial charge in [0.2, 0.25) is 0 Å². The lowest BCUT2D eigenvalue weighted by molar-refractivity contribution is 0.217. The van der Waals surface area contributed by atoms with Crippen LogP contribution in [0.5, 0.6) is 5.75 Å². The van der Waals surface area contributed by atoms with Crippen molar-refractivity contribution < 1.29 is 9.53 Å². The molecule has 1 aromatic rings. The van der Waals surface area contributed by atoms with Gasteiger partial charge in [0.25, 0.3) is 0 Å². The van der Waals surface area contributed by atoms with Gasteiger partial charge in [-0.3, -0.25) is 0 Å². The average molecular weight is 265 g/mol. The van der Waals surface area contributed by atoms with Crippen LogP contribution in [0.15, 0.2) is 18.2 Å². The van der Waals surface area contributed by atoms with Crippen LogP contribution in [0, 0.1) is 0 Å². The summed E-state index contributed by atoms with van der Waals surface area (Å²) in [5.41, 5.74) is 7.31. The summed E-state index contributed by atoms with van der Waals surface area (Å²) in [6, 6.07) is 5.42. The Morgan fingerprint density at radius 1 is 1.32 bits per heavy atom. The molecule has 0 aromatic heterocycles. The van der Waals surface area contributed by atoms with E-state index in [1.165, 1.54) is 0 Å². The molecule has 0 heterocycles. The van der Waals surface area contributed by atoms with E-state index in [-0.39, 0.29) is 6.03 Å². The molecule has 0 radical (unpaired) electrons. The summed E-state index contributed by atoms with van der Waals surface area (Å²) < 4.78 is 5.47. The predicted octanol–water partition coefficient (Wildman–Crippen LogP) is 2.42. The van der Waals surface area contributed by atoms with E-state index < -0.39 is 0 Å². The molecule has 0 fully saturated rings. The first-order valence-electron chi connectivity index (χ1n) is 6.67. The lowest BCUT2D eigenvalue weighted by atomic mass is 10.1. The van der Waals surface area contributed by atoms with Crippen molar-refractivity contribution in [2.24, 2.45) is 5.73 Å². The SMILES string of the molecule is CCOc1ccc(NC(=O)N(CC)CC)cc1CN. The Bertz CT molecular complexity index is 417. The highest BCUT2D eigenvalue weighted by molar-refractivity contribution is 5.89. The van der Waals surface area contributed by atoms with Crippen LogP contribution in [-0.4, -0.2) is 30.6 Å². The monoisotopic (exact) mass is 265 g/mol. The number of urea groups is 1. The van der Waals surface area contributed by atoms with Gasteiger partial charge in [0.05, 0.1) is 6.61 Å². The standard InChI is InChI=1S/C14H23N3O2/c1-4-17(5-2)14(18)16-12-7-8-13(19-6-3)11(9-12)10-15/h7-9H,4-6,10,15H2,1-3H3,(H,16,18). The molecule has 3 N–H and O–H groups in total. The fraction of sp³-hybridized carbons (Fsp3) is 0.500. The van der Waals surface area contributed by atoms with Crippen LogP contribution < -0.4 is 15.8 Å². The molecule has 0 aliphatic heterocycles. The number of carbonyl (C=O) groups is 1. The van der Waals surface area contributed by atoms with Crippen molar-refractivity contribution in [1.82, 2.24) is 4.90 Å². The number of hydrogen-bond acceptors (Lipinski definition) is 3. The van der Waals surface area contributed by atoms with Crippen LogP contribution in [0.3, 0.4) is 0 Å². The predicted molar refractivity (Wildman–Crippen MR) is 77.4 cm³/mol. The molecule has 0 saturated heterocycles. The number of carbonyl (C=O) groups excluding carboxylic acids is 1. The van der Waals surface area contributed by atoms with Crippen molar-refractivity contribution >= 4 is 11.7 Å². The first kappa shape index (κ1) is 15.3. The first-order valence-corrected chi connectivity index (χ1v) is 6.67. The van der Waals surface area contributed by atoms with E-state index in [0.717, 1.165) is 17.0 Å². The second-order valence-electron chi connectivity index (χ2n) is 4.06. The van der Waals surface area contributed by atoms with Gasteiger partial charge in [-0.25, -0.2) is 4.79 Å². The quantitative estimate of drug-likeness (QED) is 0.830. The third kappa shape index (κ3) is 4.13. The number of anilines is 1. The highest BCUT2D eigenvalue weighted by Crippen LogP contribution is 2.22. The number of nitrogens with one attached hydrogen (secondary N) is 1. The number of amides is 2. The molecule has 0 spiro atoms. The van der Waals surface area contributed by atoms with Crippen LogP contribution in [0.25, 0.3) is 0 Å². The van der Waals surface area contributed by atoms with Gasteiger partial charge in [0.1, 0.15) is 5.75 Å². The Labute approximate surface area is 114 Å². The molecule has 0 aliphatic carbocycles. The van der Waals surface area contributed by atoms with Crippen molar-refractivity contribution in [1.29, 1.82) is 0 Å². The van der Waals surface area contributed by atoms with Gasteiger partial charge in [0, 0.05) is 30.9 Å². The fourth-order valence-electron chi connectivity index (χ4n) is 1.83. The minimum Gasteiger partial charge on any atom is -0.494 e. The second-order valence-corrected chi connectivity index (χ2v) is 4.06. The third-order valence-electron chi connectivity index (χ3n) is 2.88. The summed E-state index contributed by atoms with van der Waals surface area (Å²) in [6.45, 7) is 8.17. The van der Waals surface area contributed by atoms with Crippen LogP contribution >= 0.6 is 0 Å². The van der Waals surface area contributed by atoms with Crippen molar-refractivity contribution in [3.05, 3.63) is 23.8 Å². The van der Waals surface area contributed by atoms with Gasteiger partial charge in [-0.2, -0.15) is 0 Å². The molecule has 5 heteroatoms. The Morgan fingerprint density at radius 2 is 2.00 bits per heavy atom. The van der Waals surface area contributed by atoms with Crippen molar-refractivity contribution in [3.63, 3.8) is 0 Å². The van der Waals surface area contributed by atoms with Crippen molar-refractivity contribution in [2.45, 2.75) is 27.3 Å². The normalized spacial score (nSPS) is 10.1. The van der Waals surface area contributed by atoms with Gasteiger partial charge >= 0.3 is 6.03 Å². The van der Waals surface area contributed by atoms with E-state index >= 15 is 0 Å². The zero-order chi connectivity index (χ0) is 14.3. The Hall–Kier alpha value is -1.75. The molecular weight excluding hydrogens is 242 g/mol. The van der Waals surface area contributed by atoms with Gasteiger partial charge in [-0.15, -0.1) is 0 Å². The largest absolute Gasteiger partial charge is 0.494 e. The number of rotatable bonds is 6. The summed E-state index contributed by atoms with van der Waals surface area (Å²) in [4.78, 5) is 13.7. The van der Waals surface area contributed by atoms with Crippen LogP contribution in [0.1, 0.15) is 26.3 Å². The molecule has 2 amide bonds. The molecular formula is C14H23N3O2. The molecule has 0 aliphatic rings. The summed E-state index contributed by atoms with van der Waals surface area (Å²) in [6.07, 6.45) is 0. The van der Waals surface area contributed by atoms with E-state index in [4.69, 9.17) is 10.5 Å². The van der Waals surface area contributed by atoms with E-state index in [9.17, 15) is 4.79 Å². The van der Waals surface area contributed by atoms with Crippen molar-refractivity contribution in [2.75, 3.05) is 25.0 Å². The number of nitrogens with two attached hydrogens (primary N) is 1. The summed E-state index contributed by atoms with van der Waals surface area (Å²) in [5.74, 6) is 0.769. The number of nitrogens with zero attached hydrogens (tertiary/aromatic N) is 1. The summed E-state index contributed by atoms with van der Waals surface area (Å²) in [7, 11) is 0. The molecule has 0 bridgehead atoms. The van der Waals surface area contributed by atoms with E-state index in [0.29, 0.717) is 26.2 Å². The maximum absolute atomic E-state index is 11.9. The Balaban J connectivity index is 2.82. The molecule has 19 heavy (non-hydrogen) atoms. The molecule has 1 rings (SSSR count). The highest BCUT2D eigenvalue weighted by atomic mass is 16.5. The van der Waals surface area contributed by atoms with E-state index in [2.05, 4.69) is 5.32 Å². The van der Waals surface area contributed by atoms with E-state index in [1.54, 1.807) is 4.90 Å². The molecule has 5 nitrogen and oxygen atoms in total. The highest BCUT2D eigenvalue weighted by Gasteiger charge is 2.10. The molecule has 0 unspecified atom stereocenters. The summed E-state index contributed by atoms with van der Waals surface area (Å²) >= 11 is 0. The van der Waals surface area contributed by atoms with Crippen LogP contribution in [0.2, 0.25) is 0 Å². The first-order chi connectivity index (χ1) is 9.15. The molecule has 1 aromatic carbocycles. The van der Waals surface area contributed by atoms with Crippen molar-refractivity contribution in [3.8, 4) is 5.75 Å². The van der Waals surface area contributed by atoms with Crippen LogP contribution in [-0.2, 0) is 6.54 Å². The minimum absolute atomic E-state index is 0.0999. The maximum atomic E-state index is 11.9. The fourth-order valence-corrected chi connectivity index (χ4v) is 1.83. The average Bonchev–Trinajstić information content (AvgIpc) is 2.42. The molecule has 0 saturated carbocycles.